The molecule has 8 nitrogen and oxygen atoms in total. The van der Waals surface area contributed by atoms with Crippen molar-refractivity contribution in [1.29, 1.82) is 5.41 Å². The van der Waals surface area contributed by atoms with Crippen molar-refractivity contribution in [3.63, 3.8) is 0 Å². The third-order valence-corrected chi connectivity index (χ3v) is 6.41. The van der Waals surface area contributed by atoms with E-state index in [0.717, 1.165) is 30.6 Å². The number of likely N-dealkylation sites (tertiary alicyclic amines) is 1. The van der Waals surface area contributed by atoms with Crippen molar-refractivity contribution < 1.29 is 14.4 Å². The van der Waals surface area contributed by atoms with Gasteiger partial charge in [-0.05, 0) is 25.3 Å². The fourth-order valence-electron chi connectivity index (χ4n) is 3.67. The van der Waals surface area contributed by atoms with Gasteiger partial charge in [0.15, 0.2) is 0 Å². The molecule has 172 valence electrons. The minimum atomic E-state index is -0.504. The second-order valence-electron chi connectivity index (χ2n) is 7.97. The highest BCUT2D eigenvalue weighted by molar-refractivity contribution is 7.10. The molecule has 1 aromatic rings. The number of nitrogens with two attached hydrogens (primary N) is 1. The minimum absolute atomic E-state index is 0.0000634. The molecule has 1 unspecified atom stereocenters. The lowest BCUT2D eigenvalue weighted by Crippen LogP contribution is -2.48. The molecule has 31 heavy (non-hydrogen) atoms. The molecule has 9 heteroatoms. The van der Waals surface area contributed by atoms with Crippen LogP contribution in [0.3, 0.4) is 0 Å². The van der Waals surface area contributed by atoms with Gasteiger partial charge in [-0.15, -0.1) is 11.3 Å². The van der Waals surface area contributed by atoms with Crippen molar-refractivity contribution in [2.45, 2.75) is 77.3 Å². The van der Waals surface area contributed by atoms with Crippen molar-refractivity contribution in [1.82, 2.24) is 15.5 Å². The van der Waals surface area contributed by atoms with E-state index in [2.05, 4.69) is 17.6 Å². The van der Waals surface area contributed by atoms with Crippen LogP contribution in [-0.4, -0.2) is 47.6 Å². The van der Waals surface area contributed by atoms with Crippen molar-refractivity contribution in [3.05, 3.63) is 21.9 Å². The van der Waals surface area contributed by atoms with Crippen LogP contribution in [0, 0.1) is 5.41 Å². The monoisotopic (exact) mass is 449 g/mol. The molecule has 1 aliphatic rings. The maximum Gasteiger partial charge on any atom is 0.243 e. The van der Waals surface area contributed by atoms with Gasteiger partial charge in [0.05, 0.1) is 13.1 Å². The summed E-state index contributed by atoms with van der Waals surface area (Å²) < 4.78 is 0. The Hall–Kier alpha value is -2.42. The summed E-state index contributed by atoms with van der Waals surface area (Å²) in [5, 5.41) is 14.8. The highest BCUT2D eigenvalue weighted by Crippen LogP contribution is 2.19. The number of nitrogen functional groups attached to an aromatic ring is 1. The zero-order valence-electron chi connectivity index (χ0n) is 18.4. The lowest BCUT2D eigenvalue weighted by atomic mass is 10.1. The lowest BCUT2D eigenvalue weighted by molar-refractivity contribution is -0.138. The second-order valence-corrected chi connectivity index (χ2v) is 8.97. The topological polar surface area (TPSA) is 128 Å². The lowest BCUT2D eigenvalue weighted by Gasteiger charge is -2.24. The van der Waals surface area contributed by atoms with Gasteiger partial charge in [-0.2, -0.15) is 0 Å². The Labute approximate surface area is 188 Å². The summed E-state index contributed by atoms with van der Waals surface area (Å²) in [6, 6.07) is 1.28. The van der Waals surface area contributed by atoms with Gasteiger partial charge in [-0.3, -0.25) is 19.8 Å². The zero-order chi connectivity index (χ0) is 22.6. The van der Waals surface area contributed by atoms with E-state index in [0.29, 0.717) is 31.5 Å². The molecule has 3 amide bonds. The number of amidine groups is 1. The van der Waals surface area contributed by atoms with Crippen LogP contribution >= 0.6 is 11.3 Å². The summed E-state index contributed by atoms with van der Waals surface area (Å²) in [4.78, 5) is 39.6. The zero-order valence-corrected chi connectivity index (χ0v) is 19.2. The van der Waals surface area contributed by atoms with Gasteiger partial charge in [0, 0.05) is 28.8 Å². The number of nitrogens with one attached hydrogen (secondary N) is 3. The van der Waals surface area contributed by atoms with Gasteiger partial charge < -0.3 is 21.3 Å². The molecule has 0 aromatic carbocycles. The van der Waals surface area contributed by atoms with Crippen LogP contribution in [0.2, 0.25) is 0 Å². The van der Waals surface area contributed by atoms with E-state index in [9.17, 15) is 14.4 Å². The van der Waals surface area contributed by atoms with Crippen LogP contribution in [-0.2, 0) is 20.9 Å². The van der Waals surface area contributed by atoms with E-state index < -0.39 is 6.04 Å². The molecule has 0 aliphatic carbocycles. The average Bonchev–Trinajstić information content (AvgIpc) is 3.42. The Morgan fingerprint density at radius 2 is 1.94 bits per heavy atom. The third kappa shape index (κ3) is 8.32. The Kier molecular flexibility index (Phi) is 10.5. The molecule has 2 heterocycles. The number of carbonyl (C=O) groups is 3. The van der Waals surface area contributed by atoms with Crippen LogP contribution in [0.15, 0.2) is 11.4 Å². The van der Waals surface area contributed by atoms with Crippen LogP contribution < -0.4 is 16.4 Å². The van der Waals surface area contributed by atoms with E-state index in [1.54, 1.807) is 16.3 Å². The number of nitrogens with zero attached hydrogens (tertiary/aromatic N) is 1. The van der Waals surface area contributed by atoms with Crippen molar-refractivity contribution in [2.24, 2.45) is 5.73 Å². The fourth-order valence-corrected chi connectivity index (χ4v) is 4.50. The van der Waals surface area contributed by atoms with Crippen LogP contribution in [0.5, 0.6) is 0 Å². The van der Waals surface area contributed by atoms with Gasteiger partial charge in [-0.1, -0.05) is 39.0 Å². The molecule has 0 saturated carbocycles. The van der Waals surface area contributed by atoms with Crippen molar-refractivity contribution in [3.8, 4) is 0 Å². The Bertz CT molecular complexity index is 764. The highest BCUT2D eigenvalue weighted by atomic mass is 32.1. The molecule has 0 spiro atoms. The molecule has 0 radical (unpaired) electrons. The second kappa shape index (κ2) is 13.1. The molecular formula is C22H35N5O3S. The van der Waals surface area contributed by atoms with Crippen LogP contribution in [0.25, 0.3) is 0 Å². The first-order chi connectivity index (χ1) is 14.9. The largest absolute Gasteiger partial charge is 0.384 e. The predicted molar refractivity (Wildman–Crippen MR) is 123 cm³/mol. The molecule has 0 bridgehead atoms. The smallest absolute Gasteiger partial charge is 0.243 e. The minimum Gasteiger partial charge on any atom is -0.384 e. The molecule has 2 rings (SSSR count). The summed E-state index contributed by atoms with van der Waals surface area (Å²) in [6.45, 7) is 2.97. The molecule has 5 N–H and O–H groups in total. The number of thiophene rings is 1. The first-order valence-corrected chi connectivity index (χ1v) is 12.1. The van der Waals surface area contributed by atoms with E-state index >= 15 is 0 Å². The van der Waals surface area contributed by atoms with Gasteiger partial charge in [0.1, 0.15) is 11.9 Å². The van der Waals surface area contributed by atoms with Gasteiger partial charge in [0.2, 0.25) is 17.7 Å². The Balaban J connectivity index is 1.70. The number of hydrogen-bond donors (Lipinski definition) is 4. The van der Waals surface area contributed by atoms with E-state index in [1.165, 1.54) is 30.6 Å². The number of carbonyl (C=O) groups excluding carboxylic acids is 3. The standard InChI is InChI=1S/C22H35N5O3S/c1-2-3-4-5-6-7-10-19(28)25-14-20(29)27-11-8-9-18(27)22(30)26-13-17-12-16(15-31-17)21(23)24/h12,15,18H,2-11,13-14H2,1H3,(H3,23,24)(H,25,28)(H,26,30). The van der Waals surface area contributed by atoms with Gasteiger partial charge in [-0.25, -0.2) is 0 Å². The number of amides is 3. The molecule has 1 atom stereocenters. The number of hydrogen-bond acceptors (Lipinski definition) is 5. The maximum absolute atomic E-state index is 12.6. The molecular weight excluding hydrogens is 414 g/mol. The fraction of sp³-hybridized carbons (Fsp3) is 0.636. The SMILES string of the molecule is CCCCCCCCC(=O)NCC(=O)N1CCCC1C(=O)NCc1cc(C(=N)N)cs1. The van der Waals surface area contributed by atoms with Crippen molar-refractivity contribution >= 4 is 34.9 Å². The summed E-state index contributed by atoms with van der Waals surface area (Å²) in [5.74, 6) is -0.520. The molecule has 1 aromatic heterocycles. The third-order valence-electron chi connectivity index (χ3n) is 5.47. The highest BCUT2D eigenvalue weighted by Gasteiger charge is 2.33. The Morgan fingerprint density at radius 3 is 2.65 bits per heavy atom. The van der Waals surface area contributed by atoms with E-state index in [4.69, 9.17) is 11.1 Å². The quantitative estimate of drug-likeness (QED) is 0.209. The van der Waals surface area contributed by atoms with Gasteiger partial charge in [0.25, 0.3) is 0 Å². The summed E-state index contributed by atoms with van der Waals surface area (Å²) in [5.41, 5.74) is 6.11. The maximum atomic E-state index is 12.6. The molecule has 1 saturated heterocycles. The average molecular weight is 450 g/mol. The van der Waals surface area contributed by atoms with Crippen LogP contribution in [0.1, 0.15) is 75.2 Å². The summed E-state index contributed by atoms with van der Waals surface area (Å²) in [7, 11) is 0. The van der Waals surface area contributed by atoms with E-state index in [1.807, 2.05) is 0 Å². The van der Waals surface area contributed by atoms with Crippen LogP contribution in [0.4, 0.5) is 0 Å². The molecule has 1 fully saturated rings. The normalized spacial score (nSPS) is 15.6. The van der Waals surface area contributed by atoms with E-state index in [-0.39, 0.29) is 30.1 Å². The molecule has 1 aliphatic heterocycles. The Morgan fingerprint density at radius 1 is 1.19 bits per heavy atom. The van der Waals surface area contributed by atoms with Gasteiger partial charge >= 0.3 is 0 Å². The number of unbranched alkanes of at least 4 members (excludes halogenated alkanes) is 5. The predicted octanol–water partition coefficient (Wildman–Crippen LogP) is 2.51. The summed E-state index contributed by atoms with van der Waals surface area (Å²) >= 11 is 1.43. The van der Waals surface area contributed by atoms with Crippen molar-refractivity contribution in [2.75, 3.05) is 13.1 Å². The summed E-state index contributed by atoms with van der Waals surface area (Å²) in [6.07, 6.45) is 8.48. The number of rotatable bonds is 13. The first kappa shape index (κ1) is 24.8. The first-order valence-electron chi connectivity index (χ1n) is 11.2.